The Morgan fingerprint density at radius 1 is 1.11 bits per heavy atom. The Labute approximate surface area is 113 Å². The van der Waals surface area contributed by atoms with Crippen molar-refractivity contribution in [3.05, 3.63) is 41.7 Å². The molecule has 0 unspecified atom stereocenters. The first-order valence-corrected chi connectivity index (χ1v) is 6.61. The van der Waals surface area contributed by atoms with E-state index >= 15 is 0 Å². The summed E-state index contributed by atoms with van der Waals surface area (Å²) in [6.45, 7) is 1.84. The fourth-order valence-corrected chi connectivity index (χ4v) is 2.23. The maximum Gasteiger partial charge on any atom is 0.277 e. The molecular formula is C12H10N4O2S. The molecule has 19 heavy (non-hydrogen) atoms. The van der Waals surface area contributed by atoms with Crippen LogP contribution >= 0.6 is 11.8 Å². The van der Waals surface area contributed by atoms with Crippen molar-refractivity contribution in [3.63, 3.8) is 0 Å². The number of nitrogens with zero attached hydrogens (tertiary/aromatic N) is 4. The molecule has 2 aromatic heterocycles. The lowest BCUT2D eigenvalue weighted by atomic mass is 10.2. The maximum absolute atomic E-state index is 5.57. The van der Waals surface area contributed by atoms with Crippen LogP contribution in [0.4, 0.5) is 0 Å². The maximum atomic E-state index is 5.57. The van der Waals surface area contributed by atoms with Crippen molar-refractivity contribution in [2.45, 2.75) is 17.9 Å². The van der Waals surface area contributed by atoms with Crippen molar-refractivity contribution in [1.82, 2.24) is 20.5 Å². The highest BCUT2D eigenvalue weighted by Crippen LogP contribution is 2.25. The second kappa shape index (κ2) is 5.23. The van der Waals surface area contributed by atoms with Gasteiger partial charge in [0.25, 0.3) is 5.22 Å². The van der Waals surface area contributed by atoms with E-state index in [-0.39, 0.29) is 0 Å². The van der Waals surface area contributed by atoms with E-state index in [1.54, 1.807) is 0 Å². The van der Waals surface area contributed by atoms with Gasteiger partial charge in [0.05, 0.1) is 5.75 Å². The van der Waals surface area contributed by atoms with Crippen LogP contribution in [-0.2, 0) is 5.75 Å². The molecule has 0 atom stereocenters. The molecule has 0 bridgehead atoms. The molecule has 6 nitrogen and oxygen atoms in total. The number of hydrogen-bond donors (Lipinski definition) is 0. The molecule has 1 aromatic carbocycles. The molecule has 0 spiro atoms. The van der Waals surface area contributed by atoms with E-state index in [1.165, 1.54) is 11.8 Å². The van der Waals surface area contributed by atoms with Gasteiger partial charge < -0.3 is 4.42 Å². The van der Waals surface area contributed by atoms with E-state index in [2.05, 4.69) is 25.1 Å². The third kappa shape index (κ3) is 2.65. The lowest BCUT2D eigenvalue weighted by molar-refractivity contribution is 0.302. The Hall–Kier alpha value is -2.15. The fourth-order valence-electron chi connectivity index (χ4n) is 1.48. The van der Waals surface area contributed by atoms with Crippen LogP contribution in [0.5, 0.6) is 0 Å². The Kier molecular flexibility index (Phi) is 3.28. The SMILES string of the molecule is Cc1nonc1CSc1nnc(-c2ccccc2)o1. The molecule has 96 valence electrons. The predicted molar refractivity (Wildman–Crippen MR) is 68.3 cm³/mol. The monoisotopic (exact) mass is 274 g/mol. The van der Waals surface area contributed by atoms with Crippen LogP contribution in [0.3, 0.4) is 0 Å². The van der Waals surface area contributed by atoms with Gasteiger partial charge in [0, 0.05) is 5.56 Å². The molecule has 0 amide bonds. The van der Waals surface area contributed by atoms with Gasteiger partial charge in [0.2, 0.25) is 5.89 Å². The normalized spacial score (nSPS) is 10.8. The van der Waals surface area contributed by atoms with E-state index in [1.807, 2.05) is 37.3 Å². The minimum atomic E-state index is 0.501. The van der Waals surface area contributed by atoms with Crippen LogP contribution in [0, 0.1) is 6.92 Å². The highest BCUT2D eigenvalue weighted by molar-refractivity contribution is 7.98. The summed E-state index contributed by atoms with van der Waals surface area (Å²) in [6.07, 6.45) is 0. The van der Waals surface area contributed by atoms with Crippen LogP contribution < -0.4 is 0 Å². The highest BCUT2D eigenvalue weighted by Gasteiger charge is 2.11. The molecule has 7 heteroatoms. The standard InChI is InChI=1S/C12H10N4O2S/c1-8-10(16-18-15-8)7-19-12-14-13-11(17-12)9-5-3-2-4-6-9/h2-6H,7H2,1H3. The molecule has 0 fully saturated rings. The number of thioether (sulfide) groups is 1. The Bertz CT molecular complexity index is 665. The van der Waals surface area contributed by atoms with E-state index in [0.717, 1.165) is 17.0 Å². The van der Waals surface area contributed by atoms with Crippen LogP contribution in [-0.4, -0.2) is 20.5 Å². The van der Waals surface area contributed by atoms with Crippen molar-refractivity contribution >= 4 is 11.8 Å². The van der Waals surface area contributed by atoms with Gasteiger partial charge in [-0.05, 0) is 19.1 Å². The molecule has 0 aliphatic heterocycles. The Morgan fingerprint density at radius 2 is 1.95 bits per heavy atom. The van der Waals surface area contributed by atoms with Gasteiger partial charge >= 0.3 is 0 Å². The predicted octanol–water partition coefficient (Wildman–Crippen LogP) is 2.72. The Morgan fingerprint density at radius 3 is 2.68 bits per heavy atom. The first-order valence-electron chi connectivity index (χ1n) is 5.62. The molecule has 0 N–H and O–H groups in total. The van der Waals surface area contributed by atoms with E-state index in [0.29, 0.717) is 16.9 Å². The lowest BCUT2D eigenvalue weighted by Gasteiger charge is -1.93. The van der Waals surface area contributed by atoms with Crippen LogP contribution in [0.15, 0.2) is 44.6 Å². The summed E-state index contributed by atoms with van der Waals surface area (Å²) < 4.78 is 10.2. The van der Waals surface area contributed by atoms with E-state index in [4.69, 9.17) is 4.42 Å². The minimum absolute atomic E-state index is 0.501. The number of hydrogen-bond acceptors (Lipinski definition) is 7. The number of aromatic nitrogens is 4. The number of rotatable bonds is 4. The Balaban J connectivity index is 1.70. The molecule has 2 heterocycles. The van der Waals surface area contributed by atoms with E-state index in [9.17, 15) is 0 Å². The molecule has 0 aliphatic carbocycles. The smallest absolute Gasteiger partial charge is 0.277 e. The molecule has 3 aromatic rings. The first-order chi connectivity index (χ1) is 9.33. The van der Waals surface area contributed by atoms with Crippen LogP contribution in [0.2, 0.25) is 0 Å². The van der Waals surface area contributed by atoms with Crippen LogP contribution in [0.25, 0.3) is 11.5 Å². The second-order valence-corrected chi connectivity index (χ2v) is 4.75. The summed E-state index contributed by atoms with van der Waals surface area (Å²) in [5.74, 6) is 1.10. The molecule has 0 aliphatic rings. The molecule has 0 radical (unpaired) electrons. The van der Waals surface area contributed by atoms with Gasteiger partial charge in [0.1, 0.15) is 11.4 Å². The average molecular weight is 274 g/mol. The first kappa shape index (κ1) is 11.9. The molecule has 0 saturated heterocycles. The zero-order valence-electron chi connectivity index (χ0n) is 10.1. The van der Waals surface area contributed by atoms with Gasteiger partial charge in [-0.25, -0.2) is 4.63 Å². The number of aryl methyl sites for hydroxylation is 1. The van der Waals surface area contributed by atoms with Crippen LogP contribution in [0.1, 0.15) is 11.4 Å². The van der Waals surface area contributed by atoms with Gasteiger partial charge in [0.15, 0.2) is 0 Å². The summed E-state index contributed by atoms with van der Waals surface area (Å²) in [5.41, 5.74) is 2.46. The van der Waals surface area contributed by atoms with Crippen molar-refractivity contribution in [2.24, 2.45) is 0 Å². The number of benzene rings is 1. The fraction of sp³-hybridized carbons (Fsp3) is 0.167. The summed E-state index contributed by atoms with van der Waals surface area (Å²) in [6, 6.07) is 9.64. The minimum Gasteiger partial charge on any atom is -0.411 e. The third-order valence-electron chi connectivity index (χ3n) is 2.51. The summed E-state index contributed by atoms with van der Waals surface area (Å²) in [7, 11) is 0. The van der Waals surface area contributed by atoms with E-state index < -0.39 is 0 Å². The van der Waals surface area contributed by atoms with Gasteiger partial charge in [-0.1, -0.05) is 40.3 Å². The third-order valence-corrected chi connectivity index (χ3v) is 3.34. The topological polar surface area (TPSA) is 77.8 Å². The largest absolute Gasteiger partial charge is 0.411 e. The average Bonchev–Trinajstić information content (AvgIpc) is 3.06. The van der Waals surface area contributed by atoms with Crippen molar-refractivity contribution < 1.29 is 9.05 Å². The van der Waals surface area contributed by atoms with Crippen molar-refractivity contribution in [3.8, 4) is 11.5 Å². The summed E-state index contributed by atoms with van der Waals surface area (Å²) >= 11 is 1.41. The highest BCUT2D eigenvalue weighted by atomic mass is 32.2. The van der Waals surface area contributed by atoms with Gasteiger partial charge in [-0.3, -0.25) is 0 Å². The second-order valence-electron chi connectivity index (χ2n) is 3.82. The zero-order valence-corrected chi connectivity index (χ0v) is 10.9. The quantitative estimate of drug-likeness (QED) is 0.677. The van der Waals surface area contributed by atoms with Gasteiger partial charge in [-0.15, -0.1) is 10.2 Å². The molecule has 3 rings (SSSR count). The summed E-state index contributed by atoms with van der Waals surface area (Å²) in [5, 5.41) is 16.0. The van der Waals surface area contributed by atoms with Crippen molar-refractivity contribution in [1.29, 1.82) is 0 Å². The van der Waals surface area contributed by atoms with Gasteiger partial charge in [-0.2, -0.15) is 0 Å². The lowest BCUT2D eigenvalue weighted by Crippen LogP contribution is -1.84. The summed E-state index contributed by atoms with van der Waals surface area (Å²) in [4.78, 5) is 0. The molecule has 0 saturated carbocycles. The van der Waals surface area contributed by atoms with Crippen molar-refractivity contribution in [2.75, 3.05) is 0 Å². The zero-order chi connectivity index (χ0) is 13.1. The molecular weight excluding hydrogens is 264 g/mol.